The summed E-state index contributed by atoms with van der Waals surface area (Å²) in [5, 5.41) is 7.64. The number of amidine groups is 1. The van der Waals surface area contributed by atoms with Crippen LogP contribution in [0, 0.1) is 0 Å². The smallest absolute Gasteiger partial charge is 0.359 e. The molecule has 2 heterocycles. The number of ether oxygens (including phenoxy) is 1. The average molecular weight is 205 g/mol. The molecule has 0 spiro atoms. The van der Waals surface area contributed by atoms with Gasteiger partial charge in [0.2, 0.25) is 0 Å². The molecule has 0 bridgehead atoms. The van der Waals surface area contributed by atoms with Crippen LogP contribution in [0.25, 0.3) is 0 Å². The van der Waals surface area contributed by atoms with Crippen LogP contribution in [-0.4, -0.2) is 32.2 Å². The number of nitrogens with one attached hydrogen (secondary N) is 1. The van der Waals surface area contributed by atoms with Crippen LogP contribution in [0.3, 0.4) is 0 Å². The van der Waals surface area contributed by atoms with Gasteiger partial charge in [-0.2, -0.15) is 0 Å². The molecule has 15 heavy (non-hydrogen) atoms. The van der Waals surface area contributed by atoms with Gasteiger partial charge < -0.3 is 4.74 Å². The largest absolute Gasteiger partial charge is 0.464 e. The van der Waals surface area contributed by atoms with Crippen molar-refractivity contribution < 1.29 is 14.5 Å². The Morgan fingerprint density at radius 3 is 2.93 bits per heavy atom. The third-order valence-corrected chi connectivity index (χ3v) is 2.04. The molecule has 1 N–H and O–H groups in total. The minimum absolute atomic E-state index is 0.185. The second kappa shape index (κ2) is 3.56. The number of aliphatic imine (C=N–C) groups is 1. The lowest BCUT2D eigenvalue weighted by atomic mass is 10.1. The summed E-state index contributed by atoms with van der Waals surface area (Å²) in [6.45, 7) is 0. The van der Waals surface area contributed by atoms with Gasteiger partial charge in [-0.05, 0) is 4.99 Å². The van der Waals surface area contributed by atoms with E-state index in [9.17, 15) is 4.79 Å². The molecule has 0 saturated heterocycles. The van der Waals surface area contributed by atoms with Gasteiger partial charge in [-0.1, -0.05) is 0 Å². The van der Waals surface area contributed by atoms with E-state index in [1.165, 1.54) is 7.11 Å². The number of esters is 1. The molecule has 6 heteroatoms. The van der Waals surface area contributed by atoms with E-state index >= 15 is 0 Å². The van der Waals surface area contributed by atoms with Crippen molar-refractivity contribution in [3.8, 4) is 0 Å². The van der Waals surface area contributed by atoms with Crippen molar-refractivity contribution in [2.24, 2.45) is 15.2 Å². The van der Waals surface area contributed by atoms with Crippen LogP contribution < -0.4 is 4.99 Å². The van der Waals surface area contributed by atoms with Gasteiger partial charge in [0.1, 0.15) is 17.5 Å². The maximum Gasteiger partial charge on any atom is 0.359 e. The van der Waals surface area contributed by atoms with E-state index in [0.29, 0.717) is 17.1 Å². The highest BCUT2D eigenvalue weighted by Gasteiger charge is 2.33. The van der Waals surface area contributed by atoms with Gasteiger partial charge in [-0.15, -0.1) is 10.2 Å². The number of azo groups is 1. The number of carbonyl (C=O) groups is 1. The molecule has 2 aliphatic heterocycles. The van der Waals surface area contributed by atoms with Gasteiger partial charge in [0.05, 0.1) is 14.2 Å². The fraction of sp³-hybridized carbons (Fsp3) is 0.222. The molecule has 0 aromatic rings. The minimum atomic E-state index is -0.512. The minimum Gasteiger partial charge on any atom is -0.464 e. The molecule has 2 rings (SSSR count). The van der Waals surface area contributed by atoms with Crippen LogP contribution >= 0.6 is 0 Å². The molecule has 6 nitrogen and oxygen atoms in total. The van der Waals surface area contributed by atoms with Crippen LogP contribution in [0.2, 0.25) is 0 Å². The molecule has 0 saturated carbocycles. The van der Waals surface area contributed by atoms with Crippen LogP contribution in [0.15, 0.2) is 38.3 Å². The van der Waals surface area contributed by atoms with Gasteiger partial charge in [-0.3, -0.25) is 4.99 Å². The van der Waals surface area contributed by atoms with E-state index < -0.39 is 5.97 Å². The molecular weight excluding hydrogens is 196 g/mol. The van der Waals surface area contributed by atoms with Crippen LogP contribution in [0.1, 0.15) is 0 Å². The summed E-state index contributed by atoms with van der Waals surface area (Å²) in [6.07, 6.45) is 3.29. The number of fused-ring (bicyclic) bond motifs is 1. The van der Waals surface area contributed by atoms with E-state index in [1.54, 1.807) is 19.3 Å². The lowest BCUT2D eigenvalue weighted by Crippen LogP contribution is -2.68. The van der Waals surface area contributed by atoms with Crippen LogP contribution in [0.5, 0.6) is 0 Å². The van der Waals surface area contributed by atoms with Gasteiger partial charge in [-0.25, -0.2) is 4.79 Å². The number of allylic oxidation sites excluding steroid dienone is 1. The predicted molar refractivity (Wildman–Crippen MR) is 52.4 cm³/mol. The fourth-order valence-electron chi connectivity index (χ4n) is 1.35. The highest BCUT2D eigenvalue weighted by Crippen LogP contribution is 2.27. The summed E-state index contributed by atoms with van der Waals surface area (Å²) < 4.78 is 4.61. The summed E-state index contributed by atoms with van der Waals surface area (Å²) in [6, 6.07) is 0. The third-order valence-electron chi connectivity index (χ3n) is 2.04. The quantitative estimate of drug-likeness (QED) is 0.555. The summed E-state index contributed by atoms with van der Waals surface area (Å²) in [5.41, 5.74) is 1.39. The maximum absolute atomic E-state index is 11.4. The lowest BCUT2D eigenvalue weighted by molar-refractivity contribution is -0.420. The standard InChI is InChI=1S/C9H8N4O2/c1-10-8-6-5(3-4-11-8)12-13-7(6)9(14)15-2/h3-4H,1-2H3/p+1. The topological polar surface area (TPSA) is 77.4 Å². The third kappa shape index (κ3) is 1.39. The number of hydrogen-bond acceptors (Lipinski definition) is 4. The first-order chi connectivity index (χ1) is 7.27. The number of dihydropyridines is 1. The first-order valence-electron chi connectivity index (χ1n) is 4.32. The molecule has 0 aromatic heterocycles. The number of nitrogens with zero attached hydrogens (tertiary/aromatic N) is 3. The Bertz CT molecular complexity index is 469. The van der Waals surface area contributed by atoms with Crippen molar-refractivity contribution in [2.75, 3.05) is 14.2 Å². The summed E-state index contributed by atoms with van der Waals surface area (Å²) >= 11 is 0. The SMILES string of the molecule is C[NH+]=C1N=CC=C2N=NC(C(=O)OC)=C21. The summed E-state index contributed by atoms with van der Waals surface area (Å²) in [5.74, 6) is 0.0555. The summed E-state index contributed by atoms with van der Waals surface area (Å²) in [4.78, 5) is 18.3. The molecule has 2 aliphatic rings. The Morgan fingerprint density at radius 2 is 2.27 bits per heavy atom. The molecule has 76 valence electrons. The van der Waals surface area contributed by atoms with E-state index in [2.05, 4.69) is 25.0 Å². The first kappa shape index (κ1) is 9.45. The first-order valence-corrected chi connectivity index (χ1v) is 4.32. The van der Waals surface area contributed by atoms with Gasteiger partial charge >= 0.3 is 11.8 Å². The Labute approximate surface area is 85.8 Å². The maximum atomic E-state index is 11.4. The van der Waals surface area contributed by atoms with Crippen molar-refractivity contribution >= 4 is 18.0 Å². The zero-order valence-electron chi connectivity index (χ0n) is 8.31. The number of carbonyl (C=O) groups excluding carboxylic acids is 1. The lowest BCUT2D eigenvalue weighted by Gasteiger charge is -2.00. The molecule has 0 radical (unpaired) electrons. The molecule has 0 aromatic carbocycles. The monoisotopic (exact) mass is 205 g/mol. The van der Waals surface area contributed by atoms with Crippen LogP contribution in [0.4, 0.5) is 0 Å². The van der Waals surface area contributed by atoms with Crippen LogP contribution in [-0.2, 0) is 9.53 Å². The highest BCUT2D eigenvalue weighted by atomic mass is 16.5. The van der Waals surface area contributed by atoms with E-state index in [4.69, 9.17) is 0 Å². The zero-order chi connectivity index (χ0) is 10.8. The van der Waals surface area contributed by atoms with E-state index in [1.807, 2.05) is 0 Å². The number of methoxy groups -OCH3 is 1. The summed E-state index contributed by atoms with van der Waals surface area (Å²) in [7, 11) is 3.02. The van der Waals surface area contributed by atoms with Crippen molar-refractivity contribution in [1.29, 1.82) is 0 Å². The normalized spacial score (nSPS) is 20.7. The van der Waals surface area contributed by atoms with E-state index in [0.717, 1.165) is 0 Å². The Kier molecular flexibility index (Phi) is 2.24. The highest BCUT2D eigenvalue weighted by molar-refractivity contribution is 6.12. The fourth-order valence-corrected chi connectivity index (χ4v) is 1.35. The molecular formula is C9H9N4O2+. The number of hydrogen-bond donors (Lipinski definition) is 1. The van der Waals surface area contributed by atoms with Crippen molar-refractivity contribution in [1.82, 2.24) is 0 Å². The van der Waals surface area contributed by atoms with Crippen molar-refractivity contribution in [2.45, 2.75) is 0 Å². The van der Waals surface area contributed by atoms with Gasteiger partial charge in [0, 0.05) is 6.08 Å². The molecule has 0 fully saturated rings. The number of rotatable bonds is 1. The van der Waals surface area contributed by atoms with E-state index in [-0.39, 0.29) is 5.70 Å². The molecule has 0 aliphatic carbocycles. The van der Waals surface area contributed by atoms with Gasteiger partial charge in [0.15, 0.2) is 5.70 Å². The molecule has 0 atom stereocenters. The van der Waals surface area contributed by atoms with Crippen molar-refractivity contribution in [3.63, 3.8) is 0 Å². The van der Waals surface area contributed by atoms with Gasteiger partial charge in [0.25, 0.3) is 0 Å². The zero-order valence-corrected chi connectivity index (χ0v) is 8.31. The Balaban J connectivity index is 2.55. The Hall–Kier alpha value is -2.11. The predicted octanol–water partition coefficient (Wildman–Crippen LogP) is -1.04. The molecule has 0 unspecified atom stereocenters. The Morgan fingerprint density at radius 1 is 1.47 bits per heavy atom. The average Bonchev–Trinajstić information content (AvgIpc) is 2.71. The second-order valence-electron chi connectivity index (χ2n) is 2.84. The van der Waals surface area contributed by atoms with Crippen molar-refractivity contribution in [3.05, 3.63) is 23.0 Å². The second-order valence-corrected chi connectivity index (χ2v) is 2.84. The molecule has 0 amide bonds.